The summed E-state index contributed by atoms with van der Waals surface area (Å²) in [5.74, 6) is -0.516. The number of sulfonamides is 1. The molecule has 0 spiro atoms. The summed E-state index contributed by atoms with van der Waals surface area (Å²) in [6.07, 6.45) is 0.546. The molecule has 0 bridgehead atoms. The van der Waals surface area contributed by atoms with Gasteiger partial charge < -0.3 is 10.6 Å². The molecule has 1 saturated carbocycles. The van der Waals surface area contributed by atoms with Crippen LogP contribution in [0, 0.1) is 11.7 Å². The van der Waals surface area contributed by atoms with Gasteiger partial charge in [0.1, 0.15) is 0 Å². The maximum atomic E-state index is 14.0. The van der Waals surface area contributed by atoms with Gasteiger partial charge in [0.2, 0.25) is 0 Å². The lowest BCUT2D eigenvalue weighted by Crippen LogP contribution is -2.47. The van der Waals surface area contributed by atoms with Crippen molar-refractivity contribution in [3.63, 3.8) is 0 Å². The molecule has 2 aromatic rings. The molecule has 14 heteroatoms. The van der Waals surface area contributed by atoms with Gasteiger partial charge in [0.25, 0.3) is 0 Å². The Kier molecular flexibility index (Phi) is 7.86. The fourth-order valence-corrected chi connectivity index (χ4v) is 6.29. The summed E-state index contributed by atoms with van der Waals surface area (Å²) in [4.78, 5) is 5.41. The minimum absolute atomic E-state index is 0.0548. The van der Waals surface area contributed by atoms with E-state index in [9.17, 15) is 39.2 Å². The zero-order valence-corrected chi connectivity index (χ0v) is 21.0. The number of nitrogen functional groups attached to an aromatic ring is 1. The van der Waals surface area contributed by atoms with E-state index in [-0.39, 0.29) is 40.3 Å². The van der Waals surface area contributed by atoms with Crippen LogP contribution in [0.4, 0.5) is 42.1 Å². The standard InChI is InChI=1S/C24H27F7N4O2S/c25-20-11-33-16(10-21(20)32)12-35-17(9-8-15-4-1-2-5-15)13-34(38(36,37)24(29,30)31)14-18-19(23(26,27)28)6-3-7-22(18)35/h3,6-7,10-11,15,17H,1-2,4-5,8-9,12-14H2,(H2,32,33)/t17-/m0/s1. The highest BCUT2D eigenvalue weighted by atomic mass is 32.2. The van der Waals surface area contributed by atoms with Gasteiger partial charge >= 0.3 is 21.7 Å². The first kappa shape index (κ1) is 28.4. The largest absolute Gasteiger partial charge is 0.511 e. The SMILES string of the molecule is Nc1cc(CN2c3cccc(C(F)(F)F)c3CN(S(=O)(=O)C(F)(F)F)C[C@@H]2CCC2CCCC2)ncc1F. The van der Waals surface area contributed by atoms with Crippen molar-refractivity contribution in [2.45, 2.75) is 69.3 Å². The van der Waals surface area contributed by atoms with E-state index in [0.29, 0.717) is 12.5 Å². The second-order valence-corrected chi connectivity index (χ2v) is 11.7. The molecule has 2 heterocycles. The van der Waals surface area contributed by atoms with Gasteiger partial charge in [-0.2, -0.15) is 30.6 Å². The average Bonchev–Trinajstić information content (AvgIpc) is 3.28. The highest BCUT2D eigenvalue weighted by molar-refractivity contribution is 7.89. The molecule has 1 aliphatic carbocycles. The molecule has 0 radical (unpaired) electrons. The Morgan fingerprint density at radius 2 is 1.74 bits per heavy atom. The van der Waals surface area contributed by atoms with Crippen molar-refractivity contribution in [2.75, 3.05) is 17.2 Å². The molecule has 1 atom stereocenters. The fraction of sp³-hybridized carbons (Fsp3) is 0.542. The molecule has 4 rings (SSSR count). The zero-order valence-electron chi connectivity index (χ0n) is 20.2. The van der Waals surface area contributed by atoms with Crippen LogP contribution in [0.2, 0.25) is 0 Å². The number of hydrogen-bond acceptors (Lipinski definition) is 5. The number of halogens is 7. The van der Waals surface area contributed by atoms with E-state index in [1.807, 2.05) is 0 Å². The predicted molar refractivity (Wildman–Crippen MR) is 127 cm³/mol. The molecule has 38 heavy (non-hydrogen) atoms. The lowest BCUT2D eigenvalue weighted by atomic mass is 9.97. The molecular weight excluding hydrogens is 541 g/mol. The maximum absolute atomic E-state index is 14.0. The van der Waals surface area contributed by atoms with Gasteiger partial charge in [0.15, 0.2) is 5.82 Å². The first-order chi connectivity index (χ1) is 17.7. The van der Waals surface area contributed by atoms with Gasteiger partial charge in [0, 0.05) is 30.4 Å². The van der Waals surface area contributed by atoms with Crippen molar-refractivity contribution in [3.05, 3.63) is 53.1 Å². The monoisotopic (exact) mass is 568 g/mol. The number of pyridine rings is 1. The quantitative estimate of drug-likeness (QED) is 0.444. The number of rotatable bonds is 6. The Bertz CT molecular complexity index is 1260. The molecule has 1 aromatic heterocycles. The number of nitrogens with zero attached hydrogens (tertiary/aromatic N) is 3. The van der Waals surface area contributed by atoms with E-state index in [0.717, 1.165) is 37.9 Å². The normalized spacial score (nSPS) is 20.0. The lowest BCUT2D eigenvalue weighted by molar-refractivity contribution is -0.138. The van der Waals surface area contributed by atoms with Gasteiger partial charge in [-0.05, 0) is 37.0 Å². The van der Waals surface area contributed by atoms with Gasteiger partial charge in [-0.15, -0.1) is 0 Å². The Morgan fingerprint density at radius 1 is 1.05 bits per heavy atom. The van der Waals surface area contributed by atoms with Crippen LogP contribution in [0.15, 0.2) is 30.5 Å². The Morgan fingerprint density at radius 3 is 2.34 bits per heavy atom. The second-order valence-electron chi connectivity index (χ2n) is 9.75. The van der Waals surface area contributed by atoms with Gasteiger partial charge in [-0.1, -0.05) is 31.7 Å². The first-order valence-electron chi connectivity index (χ1n) is 12.1. The summed E-state index contributed by atoms with van der Waals surface area (Å²) in [7, 11) is -5.95. The van der Waals surface area contributed by atoms with Crippen LogP contribution in [0.25, 0.3) is 0 Å². The van der Waals surface area contributed by atoms with Crippen LogP contribution in [0.3, 0.4) is 0 Å². The third kappa shape index (κ3) is 5.85. The van der Waals surface area contributed by atoms with E-state index >= 15 is 0 Å². The Balaban J connectivity index is 1.85. The fourth-order valence-electron chi connectivity index (χ4n) is 5.33. The molecule has 1 aliphatic heterocycles. The molecule has 1 fully saturated rings. The van der Waals surface area contributed by atoms with Crippen LogP contribution in [-0.4, -0.2) is 35.8 Å². The van der Waals surface area contributed by atoms with E-state index in [2.05, 4.69) is 4.98 Å². The Labute approximate surface area is 215 Å². The number of benzene rings is 1. The molecular formula is C24H27F7N4O2S. The smallest absolute Gasteiger partial charge is 0.396 e. The van der Waals surface area contributed by atoms with Crippen LogP contribution in [0.5, 0.6) is 0 Å². The molecule has 0 saturated heterocycles. The summed E-state index contributed by atoms with van der Waals surface area (Å²) >= 11 is 0. The number of fused-ring (bicyclic) bond motifs is 1. The minimum atomic E-state index is -5.95. The average molecular weight is 569 g/mol. The van der Waals surface area contributed by atoms with E-state index < -0.39 is 57.8 Å². The van der Waals surface area contributed by atoms with Crippen molar-refractivity contribution in [1.29, 1.82) is 0 Å². The number of anilines is 2. The summed E-state index contributed by atoms with van der Waals surface area (Å²) in [5.41, 5.74) is -2.01. The minimum Gasteiger partial charge on any atom is -0.396 e. The van der Waals surface area contributed by atoms with E-state index in [4.69, 9.17) is 5.73 Å². The van der Waals surface area contributed by atoms with Crippen LogP contribution in [0.1, 0.15) is 55.3 Å². The molecule has 0 unspecified atom stereocenters. The van der Waals surface area contributed by atoms with Crippen LogP contribution >= 0.6 is 0 Å². The summed E-state index contributed by atoms with van der Waals surface area (Å²) in [5, 5.41) is 0. The molecule has 210 valence electrons. The predicted octanol–water partition coefficient (Wildman–Crippen LogP) is 5.83. The number of hydrogen-bond donors (Lipinski definition) is 1. The number of aromatic nitrogens is 1. The van der Waals surface area contributed by atoms with E-state index in [1.54, 1.807) is 0 Å². The lowest BCUT2D eigenvalue weighted by Gasteiger charge is -2.35. The maximum Gasteiger partial charge on any atom is 0.511 e. The zero-order chi connectivity index (χ0) is 27.9. The molecule has 0 amide bonds. The topological polar surface area (TPSA) is 79.5 Å². The van der Waals surface area contributed by atoms with Gasteiger partial charge in [-0.25, -0.2) is 12.8 Å². The van der Waals surface area contributed by atoms with E-state index in [1.165, 1.54) is 17.0 Å². The summed E-state index contributed by atoms with van der Waals surface area (Å²) in [6.45, 7) is -2.01. The highest BCUT2D eigenvalue weighted by Gasteiger charge is 2.52. The summed E-state index contributed by atoms with van der Waals surface area (Å²) in [6, 6.07) is 3.45. The molecule has 2 aliphatic rings. The van der Waals surface area contributed by atoms with Crippen LogP contribution < -0.4 is 10.6 Å². The second kappa shape index (κ2) is 10.5. The number of nitrogens with two attached hydrogens (primary N) is 1. The molecule has 6 nitrogen and oxygen atoms in total. The van der Waals surface area contributed by atoms with Crippen molar-refractivity contribution in [1.82, 2.24) is 9.29 Å². The van der Waals surface area contributed by atoms with Gasteiger partial charge in [-0.3, -0.25) is 4.98 Å². The Hall–Kier alpha value is -2.61. The highest BCUT2D eigenvalue weighted by Crippen LogP contribution is 2.42. The van der Waals surface area contributed by atoms with Crippen molar-refractivity contribution in [2.24, 2.45) is 5.92 Å². The third-order valence-electron chi connectivity index (χ3n) is 7.24. The van der Waals surface area contributed by atoms with Crippen LogP contribution in [-0.2, 0) is 29.3 Å². The summed E-state index contributed by atoms with van der Waals surface area (Å²) < 4.78 is 122. The molecule has 1 aromatic carbocycles. The van der Waals surface area contributed by atoms with Crippen molar-refractivity contribution >= 4 is 21.4 Å². The van der Waals surface area contributed by atoms with Crippen molar-refractivity contribution < 1.29 is 39.2 Å². The third-order valence-corrected chi connectivity index (χ3v) is 8.79. The molecule has 2 N–H and O–H groups in total. The van der Waals surface area contributed by atoms with Gasteiger partial charge in [0.05, 0.1) is 29.7 Å². The van der Waals surface area contributed by atoms with Crippen molar-refractivity contribution in [3.8, 4) is 0 Å². The number of alkyl halides is 6. The first-order valence-corrected chi connectivity index (χ1v) is 13.5.